The minimum Gasteiger partial charge on any atom is -0.553 e. The largest absolute Gasteiger partial charge is 0.553 e. The Balaban J connectivity index is -0.000000168. The molecule has 13 nitrogen and oxygen atoms in total. The fraction of sp³-hybridized carbons (Fsp3) is 0.846. The average molecular weight is 1110 g/mol. The molecule has 0 heterocycles. The maximum atomic E-state index is 9.37. The first kappa shape index (κ1) is 48.2. The summed E-state index contributed by atoms with van der Waals surface area (Å²) in [6.45, 7) is 3.10. The molecule has 0 aliphatic carbocycles. The second-order valence-electron chi connectivity index (χ2n) is 8.30. The van der Waals surface area contributed by atoms with Gasteiger partial charge in [-0.3, -0.25) is 0 Å². The monoisotopic (exact) mass is 1110 g/mol. The third-order valence-corrected chi connectivity index (χ3v) is 4.48. The summed E-state index contributed by atoms with van der Waals surface area (Å²) < 4.78 is 33.0. The maximum absolute atomic E-state index is 9.37. The molecule has 0 aliphatic rings. The van der Waals surface area contributed by atoms with Crippen molar-refractivity contribution in [1.82, 2.24) is 0 Å². The normalized spacial score (nSPS) is 13.3. The molecule has 0 aromatic carbocycles. The van der Waals surface area contributed by atoms with Crippen molar-refractivity contribution in [3.05, 3.63) is 28.4 Å². The van der Waals surface area contributed by atoms with Crippen LogP contribution < -0.4 is 0 Å². The summed E-state index contributed by atoms with van der Waals surface area (Å²) in [6.07, 6.45) is 3.01. The number of aliphatic hydroxyl groups excluding tert-OH is 6. The van der Waals surface area contributed by atoms with E-state index in [9.17, 15) is 10.2 Å². The molecule has 4 atom stereocenters. The molecular weight excluding hydrogens is 1050 g/mol. The molecule has 0 bridgehead atoms. The van der Waals surface area contributed by atoms with Gasteiger partial charge < -0.3 is 63.8 Å². The van der Waals surface area contributed by atoms with Gasteiger partial charge >= 0.3 is 0 Å². The molecule has 0 aliphatic heterocycles. The van der Waals surface area contributed by atoms with Crippen LogP contribution in [0.4, 0.5) is 0 Å². The van der Waals surface area contributed by atoms with E-state index >= 15 is 0 Å². The molecule has 0 saturated carbocycles. The summed E-state index contributed by atoms with van der Waals surface area (Å²) in [7, 11) is 12.6. The van der Waals surface area contributed by atoms with Crippen molar-refractivity contribution < 1.29 is 63.8 Å². The van der Waals surface area contributed by atoms with Gasteiger partial charge in [-0.25, -0.2) is 28.4 Å². The molecule has 6 N–H and O–H groups in total. The molecule has 0 spiro atoms. The second kappa shape index (κ2) is 42.0. The van der Waals surface area contributed by atoms with Crippen molar-refractivity contribution in [3.63, 3.8) is 0 Å². The molecule has 0 aromatic heterocycles. The van der Waals surface area contributed by atoms with Crippen LogP contribution in [-0.4, -0.2) is 134 Å². The Morgan fingerprint density at radius 3 is 1.02 bits per heavy atom. The Morgan fingerprint density at radius 2 is 0.732 bits per heavy atom. The van der Waals surface area contributed by atoms with E-state index < -0.39 is 24.4 Å². The van der Waals surface area contributed by atoms with Crippen molar-refractivity contribution in [1.29, 1.82) is 0 Å². The molecule has 244 valence electrons. The van der Waals surface area contributed by atoms with Crippen LogP contribution >= 0.6 is 0 Å². The Hall–Kier alpha value is -2.52. The first-order valence-corrected chi connectivity index (χ1v) is 13.0. The van der Waals surface area contributed by atoms with E-state index in [0.717, 1.165) is 38.5 Å². The third-order valence-electron chi connectivity index (χ3n) is 4.48. The van der Waals surface area contributed by atoms with Gasteiger partial charge in [0.25, 0.3) is 0 Å². The van der Waals surface area contributed by atoms with Crippen LogP contribution in [0.3, 0.4) is 0 Å². The Kier molecular flexibility index (Phi) is 49.3. The number of hydrogen-bond acceptors (Lipinski definition) is 13. The van der Waals surface area contributed by atoms with E-state index in [1.807, 2.05) is 0 Å². The molecule has 15 heteroatoms. The summed E-state index contributed by atoms with van der Waals surface area (Å²) in [6, 6.07) is 0. The summed E-state index contributed by atoms with van der Waals surface area (Å²) in [5, 5.41) is 53.1. The fourth-order valence-corrected chi connectivity index (χ4v) is 2.65. The summed E-state index contributed by atoms with van der Waals surface area (Å²) in [4.78, 5) is 0. The SMILES string of the molecule is [CH2-]OCC(O)CCCCOCCCCC(O)CO[CH2-].[CH2-]OCC(O)COCCO.[CH2-]OCC(O)COCCO.[Rf].[Rf]. The zero-order valence-electron chi connectivity index (χ0n) is 24.8. The Labute approximate surface area is 234 Å². The van der Waals surface area contributed by atoms with Crippen molar-refractivity contribution in [3.8, 4) is 0 Å². The van der Waals surface area contributed by atoms with E-state index in [1.165, 1.54) is 0 Å². The molecule has 0 fully saturated rings. The number of hydrogen-bond donors (Lipinski definition) is 6. The number of unbranched alkanes of at least 4 members (excludes halogenated alkanes) is 2. The van der Waals surface area contributed by atoms with Crippen molar-refractivity contribution in [2.75, 3.05) is 79.3 Å². The van der Waals surface area contributed by atoms with E-state index in [-0.39, 0.29) is 52.9 Å². The van der Waals surface area contributed by atoms with Crippen LogP contribution in [0.2, 0.25) is 0 Å². The molecule has 0 amide bonds. The average Bonchev–Trinajstić information content (AvgIpc) is 2.89. The standard InChI is InChI=1S/C14H28O5.2C6H13O4.2Rf/c1-17-11-13(15)7-3-5-9-19-10-6-4-8-14(16)12-18-2;2*1-9-4-6(8)5-10-3-2-7;;/h13-16H,1-12H2;2*6-8H,1-5H2;;/q-2;2*-1;;. The van der Waals surface area contributed by atoms with Gasteiger partial charge in [0.15, 0.2) is 0 Å². The molecule has 0 aromatic rings. The molecular formula is C26H54O13Rf2-4. The predicted octanol–water partition coefficient (Wildman–Crippen LogP) is 0.0106. The van der Waals surface area contributed by atoms with Gasteiger partial charge in [0.05, 0.1) is 64.1 Å². The molecule has 0 radical (unpaired) electrons. The van der Waals surface area contributed by atoms with Gasteiger partial charge in [0, 0.05) is 39.6 Å². The Morgan fingerprint density at radius 1 is 0.415 bits per heavy atom. The summed E-state index contributed by atoms with van der Waals surface area (Å²) in [5.74, 6) is 0. The van der Waals surface area contributed by atoms with Gasteiger partial charge in [-0.1, -0.05) is 0 Å². The van der Waals surface area contributed by atoms with Crippen molar-refractivity contribution in [2.45, 2.75) is 62.9 Å². The van der Waals surface area contributed by atoms with Gasteiger partial charge in [-0.2, -0.15) is 0 Å². The topological polar surface area (TPSA) is 186 Å². The molecule has 41 heavy (non-hydrogen) atoms. The van der Waals surface area contributed by atoms with Crippen LogP contribution in [0.25, 0.3) is 0 Å². The van der Waals surface area contributed by atoms with Gasteiger partial charge in [-0.05, 0) is 38.5 Å². The van der Waals surface area contributed by atoms with Crippen LogP contribution in [0, 0.1) is 28.4 Å². The third kappa shape index (κ3) is 47.6. The quantitative estimate of drug-likeness (QED) is 0.0504. The fourth-order valence-electron chi connectivity index (χ4n) is 2.65. The zero-order chi connectivity index (χ0) is 30.0. The number of rotatable bonds is 26. The summed E-state index contributed by atoms with van der Waals surface area (Å²) >= 11 is 0. The smallest absolute Gasteiger partial charge is 0.0976 e. The van der Waals surface area contributed by atoms with Crippen LogP contribution in [0.1, 0.15) is 38.5 Å². The second-order valence-corrected chi connectivity index (χ2v) is 8.30. The van der Waals surface area contributed by atoms with Gasteiger partial charge in [0.2, 0.25) is 0 Å². The Bertz CT molecular complexity index is 397. The molecule has 0 rings (SSSR count). The maximum Gasteiger partial charge on any atom is 0.0976 e. The zero-order valence-corrected chi connectivity index (χ0v) is 37.6. The van der Waals surface area contributed by atoms with E-state index in [4.69, 9.17) is 34.6 Å². The first-order valence-electron chi connectivity index (χ1n) is 13.0. The predicted molar refractivity (Wildman–Crippen MR) is 144 cm³/mol. The van der Waals surface area contributed by atoms with E-state index in [1.54, 1.807) is 0 Å². The summed E-state index contributed by atoms with van der Waals surface area (Å²) in [5.41, 5.74) is 0. The minimum atomic E-state index is -0.649. The number of ether oxygens (including phenoxy) is 7. The van der Waals surface area contributed by atoms with Crippen molar-refractivity contribution in [2.24, 2.45) is 0 Å². The molecule has 4 unspecified atom stereocenters. The first-order chi connectivity index (χ1) is 18.8. The van der Waals surface area contributed by atoms with Gasteiger partial charge in [0.1, 0.15) is 0 Å². The van der Waals surface area contributed by atoms with Crippen molar-refractivity contribution >= 4 is 0 Å². The van der Waals surface area contributed by atoms with Crippen LogP contribution in [0.5, 0.6) is 0 Å². The van der Waals surface area contributed by atoms with Crippen LogP contribution in [0.15, 0.2) is 0 Å². The molecule has 0 saturated heterocycles. The number of aliphatic hydroxyl groups is 6. The minimum absolute atomic E-state index is 0. The van der Waals surface area contributed by atoms with E-state index in [2.05, 4.69) is 47.4 Å². The van der Waals surface area contributed by atoms with E-state index in [0.29, 0.717) is 26.4 Å². The van der Waals surface area contributed by atoms with Gasteiger partial charge in [-0.15, -0.1) is 0 Å². The van der Waals surface area contributed by atoms with Crippen LogP contribution in [-0.2, 0) is 33.2 Å².